The average molecular weight is 191 g/mol. The molecule has 1 aromatic rings. The molecule has 1 aromatic carbocycles. The summed E-state index contributed by atoms with van der Waals surface area (Å²) >= 11 is 0. The van der Waals surface area contributed by atoms with Gasteiger partial charge in [0, 0.05) is 12.0 Å². The zero-order valence-corrected chi connectivity index (χ0v) is 8.52. The highest BCUT2D eigenvalue weighted by Gasteiger charge is 2.08. The van der Waals surface area contributed by atoms with E-state index in [-0.39, 0.29) is 12.0 Å². The summed E-state index contributed by atoms with van der Waals surface area (Å²) in [6, 6.07) is 10.2. The van der Waals surface area contributed by atoms with E-state index in [0.717, 1.165) is 19.1 Å². The smallest absolute Gasteiger partial charge is 0.122 e. The predicted molar refractivity (Wildman–Crippen MR) is 58.0 cm³/mol. The number of benzene rings is 1. The van der Waals surface area contributed by atoms with Crippen LogP contribution in [0.25, 0.3) is 0 Å². The highest BCUT2D eigenvalue weighted by Crippen LogP contribution is 2.08. The summed E-state index contributed by atoms with van der Waals surface area (Å²) in [7, 11) is 0. The molecule has 1 rings (SSSR count). The lowest BCUT2D eigenvalue weighted by Gasteiger charge is -2.12. The lowest BCUT2D eigenvalue weighted by atomic mass is 9.98. The first-order valence-corrected chi connectivity index (χ1v) is 4.97. The van der Waals surface area contributed by atoms with Crippen molar-refractivity contribution in [1.29, 1.82) is 0 Å². The standard InChI is InChI=1S/C12H17NO/c1-10(9-14)7-12(13)8-11-5-3-2-4-6-11/h2-6,9-10,12H,7-8,13H2,1H3/t10-,12+/m0/s1. The molecule has 0 saturated heterocycles. The van der Waals surface area contributed by atoms with Crippen LogP contribution in [0.2, 0.25) is 0 Å². The van der Waals surface area contributed by atoms with Crippen LogP contribution in [0.1, 0.15) is 18.9 Å². The fourth-order valence-corrected chi connectivity index (χ4v) is 1.53. The van der Waals surface area contributed by atoms with Gasteiger partial charge >= 0.3 is 0 Å². The molecule has 0 aromatic heterocycles. The quantitative estimate of drug-likeness (QED) is 0.721. The van der Waals surface area contributed by atoms with Crippen molar-refractivity contribution < 1.29 is 4.79 Å². The summed E-state index contributed by atoms with van der Waals surface area (Å²) in [6.45, 7) is 1.90. The fourth-order valence-electron chi connectivity index (χ4n) is 1.53. The monoisotopic (exact) mass is 191 g/mol. The summed E-state index contributed by atoms with van der Waals surface area (Å²) in [6.07, 6.45) is 2.57. The largest absolute Gasteiger partial charge is 0.327 e. The van der Waals surface area contributed by atoms with Gasteiger partial charge in [0.1, 0.15) is 6.29 Å². The number of rotatable bonds is 5. The van der Waals surface area contributed by atoms with Crippen molar-refractivity contribution in [1.82, 2.24) is 0 Å². The number of carbonyl (C=O) groups excluding carboxylic acids is 1. The third kappa shape index (κ3) is 3.71. The van der Waals surface area contributed by atoms with Crippen LogP contribution in [0.5, 0.6) is 0 Å². The Hall–Kier alpha value is -1.15. The van der Waals surface area contributed by atoms with Crippen LogP contribution < -0.4 is 5.73 Å². The Morgan fingerprint density at radius 3 is 2.57 bits per heavy atom. The number of nitrogens with two attached hydrogens (primary N) is 1. The van der Waals surface area contributed by atoms with Gasteiger partial charge in [-0.1, -0.05) is 37.3 Å². The summed E-state index contributed by atoms with van der Waals surface area (Å²) < 4.78 is 0. The first-order chi connectivity index (χ1) is 6.72. The average Bonchev–Trinajstić information content (AvgIpc) is 2.19. The Bertz CT molecular complexity index is 271. The van der Waals surface area contributed by atoms with Gasteiger partial charge in [0.25, 0.3) is 0 Å². The third-order valence-electron chi connectivity index (χ3n) is 2.25. The Kier molecular flexibility index (Phi) is 4.33. The Morgan fingerprint density at radius 2 is 2.00 bits per heavy atom. The number of aldehydes is 1. The van der Waals surface area contributed by atoms with Crippen molar-refractivity contribution in [2.45, 2.75) is 25.8 Å². The van der Waals surface area contributed by atoms with Crippen molar-refractivity contribution >= 4 is 6.29 Å². The molecule has 2 nitrogen and oxygen atoms in total. The molecule has 76 valence electrons. The Balaban J connectivity index is 2.41. The molecule has 0 fully saturated rings. The van der Waals surface area contributed by atoms with Crippen molar-refractivity contribution in [3.8, 4) is 0 Å². The fraction of sp³-hybridized carbons (Fsp3) is 0.417. The van der Waals surface area contributed by atoms with E-state index in [1.54, 1.807) is 0 Å². The second-order valence-electron chi connectivity index (χ2n) is 3.80. The molecule has 2 atom stereocenters. The van der Waals surface area contributed by atoms with E-state index in [4.69, 9.17) is 5.73 Å². The predicted octanol–water partition coefficient (Wildman–Crippen LogP) is 1.78. The molecule has 0 aliphatic heterocycles. The zero-order valence-electron chi connectivity index (χ0n) is 8.52. The summed E-state index contributed by atoms with van der Waals surface area (Å²) in [5.74, 6) is 0.0636. The first kappa shape index (κ1) is 10.9. The van der Waals surface area contributed by atoms with Crippen LogP contribution in [-0.4, -0.2) is 12.3 Å². The first-order valence-electron chi connectivity index (χ1n) is 4.97. The summed E-state index contributed by atoms with van der Waals surface area (Å²) in [5, 5.41) is 0. The minimum absolute atomic E-state index is 0.0636. The van der Waals surface area contributed by atoms with E-state index in [2.05, 4.69) is 12.1 Å². The van der Waals surface area contributed by atoms with Gasteiger partial charge in [-0.05, 0) is 18.4 Å². The van der Waals surface area contributed by atoms with Crippen molar-refractivity contribution in [3.05, 3.63) is 35.9 Å². The zero-order chi connectivity index (χ0) is 10.4. The van der Waals surface area contributed by atoms with Gasteiger partial charge in [-0.3, -0.25) is 0 Å². The third-order valence-corrected chi connectivity index (χ3v) is 2.25. The van der Waals surface area contributed by atoms with Gasteiger partial charge in [0.05, 0.1) is 0 Å². The molecule has 0 aliphatic carbocycles. The highest BCUT2D eigenvalue weighted by molar-refractivity contribution is 5.52. The van der Waals surface area contributed by atoms with E-state index >= 15 is 0 Å². The van der Waals surface area contributed by atoms with Crippen LogP contribution in [-0.2, 0) is 11.2 Å². The SMILES string of the molecule is C[C@H](C=O)C[C@@H](N)Cc1ccccc1. The normalized spacial score (nSPS) is 14.7. The van der Waals surface area contributed by atoms with Crippen LogP contribution in [0, 0.1) is 5.92 Å². The molecule has 2 N–H and O–H groups in total. The number of hydrogen-bond acceptors (Lipinski definition) is 2. The van der Waals surface area contributed by atoms with Crippen LogP contribution in [0.15, 0.2) is 30.3 Å². The minimum Gasteiger partial charge on any atom is -0.327 e. The molecule has 0 saturated carbocycles. The maximum Gasteiger partial charge on any atom is 0.122 e. The van der Waals surface area contributed by atoms with E-state index in [0.29, 0.717) is 0 Å². The van der Waals surface area contributed by atoms with Gasteiger partial charge in [-0.2, -0.15) is 0 Å². The van der Waals surface area contributed by atoms with E-state index in [9.17, 15) is 4.79 Å². The Labute approximate surface area is 85.1 Å². The Morgan fingerprint density at radius 1 is 1.36 bits per heavy atom. The van der Waals surface area contributed by atoms with Gasteiger partial charge in [0.2, 0.25) is 0 Å². The molecular weight excluding hydrogens is 174 g/mol. The topological polar surface area (TPSA) is 43.1 Å². The van der Waals surface area contributed by atoms with Crippen molar-refractivity contribution in [3.63, 3.8) is 0 Å². The second kappa shape index (κ2) is 5.55. The highest BCUT2D eigenvalue weighted by atomic mass is 16.1. The van der Waals surface area contributed by atoms with Crippen molar-refractivity contribution in [2.75, 3.05) is 0 Å². The maximum absolute atomic E-state index is 10.4. The molecule has 0 amide bonds. The van der Waals surface area contributed by atoms with E-state index in [1.165, 1.54) is 5.56 Å². The number of carbonyl (C=O) groups is 1. The van der Waals surface area contributed by atoms with Gasteiger partial charge in [0.15, 0.2) is 0 Å². The molecule has 0 heterocycles. The van der Waals surface area contributed by atoms with Crippen LogP contribution in [0.4, 0.5) is 0 Å². The molecule has 0 bridgehead atoms. The lowest BCUT2D eigenvalue weighted by Crippen LogP contribution is -2.25. The van der Waals surface area contributed by atoms with E-state index < -0.39 is 0 Å². The number of hydrogen-bond donors (Lipinski definition) is 1. The van der Waals surface area contributed by atoms with Gasteiger partial charge in [-0.15, -0.1) is 0 Å². The molecule has 2 heteroatoms. The minimum atomic E-state index is 0.0636. The molecular formula is C12H17NO. The summed E-state index contributed by atoms with van der Waals surface area (Å²) in [4.78, 5) is 10.4. The van der Waals surface area contributed by atoms with E-state index in [1.807, 2.05) is 25.1 Å². The van der Waals surface area contributed by atoms with Crippen LogP contribution >= 0.6 is 0 Å². The molecule has 0 unspecified atom stereocenters. The second-order valence-corrected chi connectivity index (χ2v) is 3.80. The lowest BCUT2D eigenvalue weighted by molar-refractivity contribution is -0.110. The molecule has 0 aliphatic rings. The van der Waals surface area contributed by atoms with Gasteiger partial charge in [-0.25, -0.2) is 0 Å². The summed E-state index contributed by atoms with van der Waals surface area (Å²) in [5.41, 5.74) is 7.16. The molecule has 0 radical (unpaired) electrons. The van der Waals surface area contributed by atoms with Crippen LogP contribution in [0.3, 0.4) is 0 Å². The van der Waals surface area contributed by atoms with Crippen molar-refractivity contribution in [2.24, 2.45) is 11.7 Å². The molecule has 0 spiro atoms. The molecule has 14 heavy (non-hydrogen) atoms. The maximum atomic E-state index is 10.4. The van der Waals surface area contributed by atoms with Gasteiger partial charge < -0.3 is 10.5 Å².